The number of anilines is 1. The van der Waals surface area contributed by atoms with Crippen molar-refractivity contribution in [3.63, 3.8) is 0 Å². The van der Waals surface area contributed by atoms with Crippen molar-refractivity contribution >= 4 is 11.5 Å². The van der Waals surface area contributed by atoms with Crippen molar-refractivity contribution in [2.24, 2.45) is 0 Å². The number of ketones is 1. The molecule has 96 valence electrons. The highest BCUT2D eigenvalue weighted by Gasteiger charge is 2.37. The van der Waals surface area contributed by atoms with Crippen LogP contribution in [0.1, 0.15) is 30.1 Å². The van der Waals surface area contributed by atoms with Gasteiger partial charge in [0.25, 0.3) is 0 Å². The average Bonchev–Trinajstić information content (AvgIpc) is 2.38. The van der Waals surface area contributed by atoms with Crippen LogP contribution in [-0.4, -0.2) is 25.0 Å². The maximum absolute atomic E-state index is 13.7. The summed E-state index contributed by atoms with van der Waals surface area (Å²) in [6.07, 6.45) is 1.18. The van der Waals surface area contributed by atoms with Crippen LogP contribution in [0.3, 0.4) is 0 Å². The Morgan fingerprint density at radius 3 is 3.00 bits per heavy atom. The predicted molar refractivity (Wildman–Crippen MR) is 62.2 cm³/mol. The molecule has 0 saturated carbocycles. The Hall–Kier alpha value is -1.65. The van der Waals surface area contributed by atoms with Crippen molar-refractivity contribution in [2.45, 2.75) is 25.8 Å². The summed E-state index contributed by atoms with van der Waals surface area (Å²) in [5.41, 5.74) is 0.677. The molecule has 1 aromatic rings. The summed E-state index contributed by atoms with van der Waals surface area (Å²) < 4.78 is 32.5. The van der Waals surface area contributed by atoms with E-state index < -0.39 is 11.6 Å². The number of nitrogens with zero attached hydrogens (tertiary/aromatic N) is 1. The van der Waals surface area contributed by atoms with Gasteiger partial charge >= 0.3 is 0 Å². The van der Waals surface area contributed by atoms with E-state index in [-0.39, 0.29) is 23.1 Å². The molecule has 1 aromatic carbocycles. The number of hydrogen-bond acceptors (Lipinski definition) is 3. The van der Waals surface area contributed by atoms with E-state index in [0.29, 0.717) is 25.3 Å². The number of hydrogen-bond donors (Lipinski definition) is 0. The average molecular weight is 253 g/mol. The number of ether oxygens (including phenoxy) is 1. The Morgan fingerprint density at radius 2 is 2.28 bits per heavy atom. The third-order valence-corrected chi connectivity index (χ3v) is 3.65. The van der Waals surface area contributed by atoms with Gasteiger partial charge in [0.15, 0.2) is 17.3 Å². The van der Waals surface area contributed by atoms with Gasteiger partial charge in [0.2, 0.25) is 5.82 Å². The molecule has 0 radical (unpaired) electrons. The first kappa shape index (κ1) is 11.4. The molecule has 0 saturated heterocycles. The predicted octanol–water partition coefficient (Wildman–Crippen LogP) is 2.53. The fourth-order valence-corrected chi connectivity index (χ4v) is 2.66. The molecule has 5 heteroatoms. The first-order valence-electron chi connectivity index (χ1n) is 6.08. The lowest BCUT2D eigenvalue weighted by atomic mass is 9.95. The minimum atomic E-state index is -1.02. The largest absolute Gasteiger partial charge is 0.486 e. The SMILES string of the molecule is CCC1COc2c(F)c(F)cc3c2N1CCC3=O. The molecule has 18 heavy (non-hydrogen) atoms. The fourth-order valence-electron chi connectivity index (χ4n) is 2.66. The number of benzene rings is 1. The molecule has 1 atom stereocenters. The second kappa shape index (κ2) is 3.93. The molecule has 1 unspecified atom stereocenters. The van der Waals surface area contributed by atoms with Gasteiger partial charge in [-0.05, 0) is 12.5 Å². The number of carbonyl (C=O) groups excluding carboxylic acids is 1. The van der Waals surface area contributed by atoms with E-state index in [1.54, 1.807) is 0 Å². The molecule has 3 rings (SSSR count). The maximum atomic E-state index is 13.7. The summed E-state index contributed by atoms with van der Waals surface area (Å²) in [5.74, 6) is -2.28. The molecule has 2 heterocycles. The molecule has 0 aliphatic carbocycles. The summed E-state index contributed by atoms with van der Waals surface area (Å²) in [7, 11) is 0. The van der Waals surface area contributed by atoms with Crippen molar-refractivity contribution in [1.82, 2.24) is 0 Å². The Kier molecular flexibility index (Phi) is 2.50. The van der Waals surface area contributed by atoms with Gasteiger partial charge in [0.1, 0.15) is 6.61 Å². The van der Waals surface area contributed by atoms with Crippen LogP contribution in [0.5, 0.6) is 5.75 Å². The van der Waals surface area contributed by atoms with Gasteiger partial charge in [-0.25, -0.2) is 4.39 Å². The van der Waals surface area contributed by atoms with Gasteiger partial charge in [-0.2, -0.15) is 4.39 Å². The van der Waals surface area contributed by atoms with Crippen LogP contribution < -0.4 is 9.64 Å². The molecular formula is C13H13F2NO2. The van der Waals surface area contributed by atoms with E-state index in [9.17, 15) is 13.6 Å². The minimum absolute atomic E-state index is 0.109. The van der Waals surface area contributed by atoms with E-state index >= 15 is 0 Å². The lowest BCUT2D eigenvalue weighted by Gasteiger charge is -2.41. The van der Waals surface area contributed by atoms with Crippen LogP contribution >= 0.6 is 0 Å². The quantitative estimate of drug-likeness (QED) is 0.770. The monoisotopic (exact) mass is 253 g/mol. The van der Waals surface area contributed by atoms with Crippen molar-refractivity contribution in [1.29, 1.82) is 0 Å². The van der Waals surface area contributed by atoms with Gasteiger partial charge in [-0.3, -0.25) is 4.79 Å². The molecule has 3 nitrogen and oxygen atoms in total. The smallest absolute Gasteiger partial charge is 0.202 e. The maximum Gasteiger partial charge on any atom is 0.202 e. The molecule has 0 fully saturated rings. The van der Waals surface area contributed by atoms with Gasteiger partial charge in [0, 0.05) is 18.5 Å². The zero-order valence-electron chi connectivity index (χ0n) is 10.0. The van der Waals surface area contributed by atoms with Gasteiger partial charge in [-0.1, -0.05) is 6.92 Å². The highest BCUT2D eigenvalue weighted by atomic mass is 19.2. The zero-order valence-corrected chi connectivity index (χ0v) is 10.0. The van der Waals surface area contributed by atoms with Crippen LogP contribution in [0.15, 0.2) is 6.07 Å². The third-order valence-electron chi connectivity index (χ3n) is 3.65. The van der Waals surface area contributed by atoms with E-state index in [1.165, 1.54) is 0 Å². The lowest BCUT2D eigenvalue weighted by molar-refractivity contribution is 0.0972. The molecule has 0 spiro atoms. The van der Waals surface area contributed by atoms with Crippen molar-refractivity contribution in [2.75, 3.05) is 18.1 Å². The Balaban J connectivity index is 2.24. The third kappa shape index (κ3) is 1.43. The highest BCUT2D eigenvalue weighted by Crippen LogP contribution is 2.43. The van der Waals surface area contributed by atoms with E-state index in [1.807, 2.05) is 11.8 Å². The Morgan fingerprint density at radius 1 is 1.50 bits per heavy atom. The van der Waals surface area contributed by atoms with Gasteiger partial charge in [-0.15, -0.1) is 0 Å². The van der Waals surface area contributed by atoms with Gasteiger partial charge in [0.05, 0.1) is 11.7 Å². The first-order valence-corrected chi connectivity index (χ1v) is 6.08. The van der Waals surface area contributed by atoms with Crippen LogP contribution in [0.25, 0.3) is 0 Å². The minimum Gasteiger partial charge on any atom is -0.486 e. The van der Waals surface area contributed by atoms with Crippen molar-refractivity contribution in [3.05, 3.63) is 23.3 Å². The standard InChI is InChI=1S/C13H13F2NO2/c1-2-7-6-18-13-11(15)9(14)5-8-10(17)3-4-16(7)12(8)13/h5,7H,2-4,6H2,1H3. The normalized spacial score (nSPS) is 21.6. The molecule has 2 aliphatic heterocycles. The molecule has 2 aliphatic rings. The molecule has 0 aromatic heterocycles. The van der Waals surface area contributed by atoms with E-state index in [2.05, 4.69) is 0 Å². The summed E-state index contributed by atoms with van der Waals surface area (Å²) in [6, 6.07) is 1.11. The fraction of sp³-hybridized carbons (Fsp3) is 0.462. The number of rotatable bonds is 1. The van der Waals surface area contributed by atoms with Crippen LogP contribution in [0.4, 0.5) is 14.5 Å². The second-order valence-electron chi connectivity index (χ2n) is 4.64. The Bertz CT molecular complexity index is 530. The molecule has 0 amide bonds. The van der Waals surface area contributed by atoms with Gasteiger partial charge < -0.3 is 9.64 Å². The number of carbonyl (C=O) groups is 1. The Labute approximate surface area is 103 Å². The second-order valence-corrected chi connectivity index (χ2v) is 4.64. The highest BCUT2D eigenvalue weighted by molar-refractivity contribution is 6.05. The van der Waals surface area contributed by atoms with Crippen LogP contribution in [0, 0.1) is 11.6 Å². The molecular weight excluding hydrogens is 240 g/mol. The van der Waals surface area contributed by atoms with Crippen LogP contribution in [0.2, 0.25) is 0 Å². The number of Topliss-reactive ketones (excluding diaryl/α,β-unsaturated/α-hetero) is 1. The molecule has 0 N–H and O–H groups in total. The summed E-state index contributed by atoms with van der Waals surface area (Å²) in [6.45, 7) is 2.89. The van der Waals surface area contributed by atoms with Crippen LogP contribution in [-0.2, 0) is 0 Å². The topological polar surface area (TPSA) is 29.5 Å². The summed E-state index contributed by atoms with van der Waals surface area (Å²) in [4.78, 5) is 13.8. The lowest BCUT2D eigenvalue weighted by Crippen LogP contribution is -2.47. The summed E-state index contributed by atoms with van der Waals surface area (Å²) >= 11 is 0. The van der Waals surface area contributed by atoms with Crippen molar-refractivity contribution in [3.8, 4) is 5.75 Å². The summed E-state index contributed by atoms with van der Waals surface area (Å²) in [5, 5.41) is 0. The van der Waals surface area contributed by atoms with Crippen molar-refractivity contribution < 1.29 is 18.3 Å². The molecule has 0 bridgehead atoms. The zero-order chi connectivity index (χ0) is 12.9. The van der Waals surface area contributed by atoms with E-state index in [4.69, 9.17) is 4.74 Å². The number of halogens is 2. The first-order chi connectivity index (χ1) is 8.63. The van der Waals surface area contributed by atoms with E-state index in [0.717, 1.165) is 12.5 Å².